The number of imidazole rings is 1. The lowest BCUT2D eigenvalue weighted by Gasteiger charge is -2.31. The van der Waals surface area contributed by atoms with Crippen LogP contribution >= 0.6 is 0 Å². The van der Waals surface area contributed by atoms with E-state index in [0.717, 1.165) is 38.0 Å². The summed E-state index contributed by atoms with van der Waals surface area (Å²) in [7, 11) is 0. The second-order valence-electron chi connectivity index (χ2n) is 6.85. The fourth-order valence-corrected chi connectivity index (χ4v) is 3.55. The van der Waals surface area contributed by atoms with Crippen molar-refractivity contribution in [1.82, 2.24) is 19.8 Å². The fraction of sp³-hybridized carbons (Fsp3) is 0.500. The van der Waals surface area contributed by atoms with Gasteiger partial charge in [-0.05, 0) is 57.0 Å². The molecule has 1 saturated heterocycles. The normalized spacial score (nSPS) is 15.9. The van der Waals surface area contributed by atoms with Crippen molar-refractivity contribution in [2.24, 2.45) is 0 Å². The third kappa shape index (κ3) is 4.91. The van der Waals surface area contributed by atoms with Crippen LogP contribution in [0.1, 0.15) is 37.1 Å². The lowest BCUT2D eigenvalue weighted by atomic mass is 9.96. The van der Waals surface area contributed by atoms with Crippen molar-refractivity contribution in [3.8, 4) is 0 Å². The van der Waals surface area contributed by atoms with Crippen LogP contribution in [0.2, 0.25) is 0 Å². The molecule has 3 rings (SSSR count). The predicted molar refractivity (Wildman–Crippen MR) is 99.4 cm³/mol. The van der Waals surface area contributed by atoms with Gasteiger partial charge in [0.15, 0.2) is 0 Å². The van der Waals surface area contributed by atoms with Gasteiger partial charge < -0.3 is 9.88 Å². The van der Waals surface area contributed by atoms with Crippen molar-refractivity contribution in [2.45, 2.75) is 38.6 Å². The molecule has 5 nitrogen and oxygen atoms in total. The SMILES string of the molecule is CCn1ccnc1C1CCN(CC(=O)NCCc2ccc(F)cc2)CC1. The van der Waals surface area contributed by atoms with E-state index in [1.807, 2.05) is 12.4 Å². The summed E-state index contributed by atoms with van der Waals surface area (Å²) in [6.07, 6.45) is 6.71. The van der Waals surface area contributed by atoms with Gasteiger partial charge >= 0.3 is 0 Å². The van der Waals surface area contributed by atoms with Crippen molar-refractivity contribution in [1.29, 1.82) is 0 Å². The van der Waals surface area contributed by atoms with Gasteiger partial charge in [-0.25, -0.2) is 9.37 Å². The Balaban J connectivity index is 1.37. The number of hydrogen-bond acceptors (Lipinski definition) is 3. The maximum Gasteiger partial charge on any atom is 0.234 e. The summed E-state index contributed by atoms with van der Waals surface area (Å²) in [5.41, 5.74) is 1.03. The van der Waals surface area contributed by atoms with Crippen LogP contribution in [0.5, 0.6) is 0 Å². The third-order valence-electron chi connectivity index (χ3n) is 5.06. The number of aryl methyl sites for hydroxylation is 1. The molecule has 6 heteroatoms. The molecule has 0 radical (unpaired) electrons. The molecule has 0 bridgehead atoms. The molecular weight excluding hydrogens is 331 g/mol. The van der Waals surface area contributed by atoms with Gasteiger partial charge in [-0.2, -0.15) is 0 Å². The number of piperidine rings is 1. The summed E-state index contributed by atoms with van der Waals surface area (Å²) in [6.45, 7) is 5.95. The van der Waals surface area contributed by atoms with Crippen LogP contribution in [0.3, 0.4) is 0 Å². The molecule has 0 unspecified atom stereocenters. The van der Waals surface area contributed by atoms with E-state index in [2.05, 4.69) is 26.7 Å². The van der Waals surface area contributed by atoms with Crippen LogP contribution in [-0.2, 0) is 17.8 Å². The molecule has 0 spiro atoms. The van der Waals surface area contributed by atoms with E-state index in [4.69, 9.17) is 0 Å². The van der Waals surface area contributed by atoms with E-state index in [1.165, 1.54) is 18.0 Å². The number of nitrogens with zero attached hydrogens (tertiary/aromatic N) is 3. The summed E-state index contributed by atoms with van der Waals surface area (Å²) in [5, 5.41) is 2.96. The van der Waals surface area contributed by atoms with E-state index in [1.54, 1.807) is 12.1 Å². The zero-order chi connectivity index (χ0) is 18.4. The minimum absolute atomic E-state index is 0.0561. The standard InChI is InChI=1S/C20H27FN4O/c1-2-25-14-11-23-20(25)17-8-12-24(13-9-17)15-19(26)22-10-7-16-3-5-18(21)6-4-16/h3-6,11,14,17H,2,7-10,12-13,15H2,1H3,(H,22,26). The zero-order valence-electron chi connectivity index (χ0n) is 15.3. The van der Waals surface area contributed by atoms with Crippen LogP contribution in [0.15, 0.2) is 36.7 Å². The van der Waals surface area contributed by atoms with Crippen LogP contribution in [0.25, 0.3) is 0 Å². The molecule has 0 atom stereocenters. The lowest BCUT2D eigenvalue weighted by Crippen LogP contribution is -2.41. The number of amides is 1. The Kier molecular flexibility index (Phi) is 6.39. The van der Waals surface area contributed by atoms with Gasteiger partial charge in [0, 0.05) is 31.4 Å². The molecule has 1 aromatic heterocycles. The number of halogens is 1. The van der Waals surface area contributed by atoms with E-state index in [9.17, 15) is 9.18 Å². The predicted octanol–water partition coefficient (Wildman–Crippen LogP) is 2.58. The van der Waals surface area contributed by atoms with Crippen molar-refractivity contribution in [3.63, 3.8) is 0 Å². The Morgan fingerprint density at radius 1 is 1.27 bits per heavy atom. The fourth-order valence-electron chi connectivity index (χ4n) is 3.55. The first kappa shape index (κ1) is 18.6. The number of nitrogens with one attached hydrogen (secondary N) is 1. The number of rotatable bonds is 7. The highest BCUT2D eigenvalue weighted by Crippen LogP contribution is 2.26. The Bertz CT molecular complexity index is 705. The van der Waals surface area contributed by atoms with Crippen LogP contribution in [0.4, 0.5) is 4.39 Å². The number of aromatic nitrogens is 2. The average Bonchev–Trinajstić information content (AvgIpc) is 3.13. The molecule has 0 aliphatic carbocycles. The Morgan fingerprint density at radius 2 is 2.00 bits per heavy atom. The first-order valence-electron chi connectivity index (χ1n) is 9.40. The van der Waals surface area contributed by atoms with E-state index in [-0.39, 0.29) is 11.7 Å². The minimum Gasteiger partial charge on any atom is -0.355 e. The second-order valence-corrected chi connectivity index (χ2v) is 6.85. The molecule has 1 fully saturated rings. The Labute approximate surface area is 154 Å². The molecule has 26 heavy (non-hydrogen) atoms. The summed E-state index contributed by atoms with van der Waals surface area (Å²) in [4.78, 5) is 18.9. The average molecular weight is 358 g/mol. The lowest BCUT2D eigenvalue weighted by molar-refractivity contribution is -0.122. The quantitative estimate of drug-likeness (QED) is 0.828. The highest BCUT2D eigenvalue weighted by Gasteiger charge is 2.24. The second kappa shape index (κ2) is 8.94. The smallest absolute Gasteiger partial charge is 0.234 e. The topological polar surface area (TPSA) is 50.2 Å². The van der Waals surface area contributed by atoms with E-state index < -0.39 is 0 Å². The summed E-state index contributed by atoms with van der Waals surface area (Å²) >= 11 is 0. The van der Waals surface area contributed by atoms with Gasteiger partial charge in [0.1, 0.15) is 11.6 Å². The molecule has 1 N–H and O–H groups in total. The maximum absolute atomic E-state index is 12.9. The van der Waals surface area contributed by atoms with Crippen LogP contribution in [0, 0.1) is 5.82 Å². The summed E-state index contributed by atoms with van der Waals surface area (Å²) < 4.78 is 15.1. The van der Waals surface area contributed by atoms with Gasteiger partial charge in [-0.15, -0.1) is 0 Å². The minimum atomic E-state index is -0.234. The number of carbonyl (C=O) groups excluding carboxylic acids is 1. The van der Waals surface area contributed by atoms with Crippen molar-refractivity contribution in [2.75, 3.05) is 26.2 Å². The summed E-state index contributed by atoms with van der Waals surface area (Å²) in [6, 6.07) is 6.41. The Morgan fingerprint density at radius 3 is 2.69 bits per heavy atom. The molecule has 1 amide bonds. The first-order valence-corrected chi connectivity index (χ1v) is 9.40. The number of likely N-dealkylation sites (tertiary alicyclic amines) is 1. The highest BCUT2D eigenvalue weighted by molar-refractivity contribution is 5.78. The van der Waals surface area contributed by atoms with Gasteiger partial charge in [-0.1, -0.05) is 12.1 Å². The van der Waals surface area contributed by atoms with Crippen LogP contribution < -0.4 is 5.32 Å². The molecular formula is C20H27FN4O. The van der Waals surface area contributed by atoms with E-state index >= 15 is 0 Å². The van der Waals surface area contributed by atoms with Gasteiger partial charge in [-0.3, -0.25) is 9.69 Å². The van der Waals surface area contributed by atoms with Crippen molar-refractivity contribution in [3.05, 3.63) is 53.9 Å². The molecule has 0 saturated carbocycles. The van der Waals surface area contributed by atoms with Gasteiger partial charge in [0.05, 0.1) is 6.54 Å². The molecule has 1 aromatic carbocycles. The zero-order valence-corrected chi connectivity index (χ0v) is 15.3. The van der Waals surface area contributed by atoms with Gasteiger partial charge in [0.25, 0.3) is 0 Å². The monoisotopic (exact) mass is 358 g/mol. The molecule has 2 aromatic rings. The van der Waals surface area contributed by atoms with Crippen molar-refractivity contribution < 1.29 is 9.18 Å². The number of benzene rings is 1. The summed E-state index contributed by atoms with van der Waals surface area (Å²) in [5.74, 6) is 1.49. The molecule has 1 aliphatic rings. The molecule has 140 valence electrons. The molecule has 2 heterocycles. The Hall–Kier alpha value is -2.21. The highest BCUT2D eigenvalue weighted by atomic mass is 19.1. The van der Waals surface area contributed by atoms with Crippen molar-refractivity contribution >= 4 is 5.91 Å². The third-order valence-corrected chi connectivity index (χ3v) is 5.06. The molecule has 1 aliphatic heterocycles. The van der Waals surface area contributed by atoms with E-state index in [0.29, 0.717) is 25.4 Å². The largest absolute Gasteiger partial charge is 0.355 e. The van der Waals surface area contributed by atoms with Gasteiger partial charge in [0.2, 0.25) is 5.91 Å². The number of carbonyl (C=O) groups is 1. The first-order chi connectivity index (χ1) is 12.7. The maximum atomic E-state index is 12.9. The number of hydrogen-bond donors (Lipinski definition) is 1. The van der Waals surface area contributed by atoms with Crippen LogP contribution in [-0.4, -0.2) is 46.5 Å².